The first-order chi connectivity index (χ1) is 14.1. The van der Waals surface area contributed by atoms with E-state index >= 15 is 0 Å². The van der Waals surface area contributed by atoms with Crippen LogP contribution in [0.2, 0.25) is 0 Å². The van der Waals surface area contributed by atoms with Crippen molar-refractivity contribution in [1.82, 2.24) is 9.88 Å². The number of fused-ring (bicyclic) bond motifs is 2. The average Bonchev–Trinajstić information content (AvgIpc) is 2.98. The number of nitrogens with one attached hydrogen (secondary N) is 1. The van der Waals surface area contributed by atoms with Gasteiger partial charge in [0.15, 0.2) is 11.5 Å². The molecule has 7 nitrogen and oxygen atoms in total. The van der Waals surface area contributed by atoms with Crippen LogP contribution in [-0.2, 0) is 22.6 Å². The molecule has 2 aliphatic rings. The molecule has 0 radical (unpaired) electrons. The largest absolute Gasteiger partial charge is 0.490 e. The number of rotatable bonds is 4. The fraction of sp³-hybridized carbons (Fsp3) is 0.318. The Labute approximate surface area is 169 Å². The average molecular weight is 393 g/mol. The van der Waals surface area contributed by atoms with Gasteiger partial charge in [0, 0.05) is 44.3 Å². The summed E-state index contributed by atoms with van der Waals surface area (Å²) in [6.45, 7) is 1.66. The first kappa shape index (κ1) is 19.0. The number of para-hydroxylation sites is 1. The number of hydrogen-bond acceptors (Lipinski definition) is 5. The van der Waals surface area contributed by atoms with Crippen molar-refractivity contribution in [3.8, 4) is 11.5 Å². The zero-order valence-corrected chi connectivity index (χ0v) is 16.3. The van der Waals surface area contributed by atoms with Crippen LogP contribution >= 0.6 is 0 Å². The van der Waals surface area contributed by atoms with Crippen molar-refractivity contribution in [1.29, 1.82) is 0 Å². The highest BCUT2D eigenvalue weighted by Gasteiger charge is 2.18. The lowest BCUT2D eigenvalue weighted by molar-refractivity contribution is -0.125. The van der Waals surface area contributed by atoms with Crippen LogP contribution < -0.4 is 14.8 Å². The Bertz CT molecular complexity index is 971. The maximum atomic E-state index is 12.6. The van der Waals surface area contributed by atoms with Gasteiger partial charge < -0.3 is 19.7 Å². The minimum atomic E-state index is -0.122. The number of amides is 2. The smallest absolute Gasteiger partial charge is 0.246 e. The summed E-state index contributed by atoms with van der Waals surface area (Å²) >= 11 is 0. The maximum absolute atomic E-state index is 12.6. The van der Waals surface area contributed by atoms with Gasteiger partial charge in [-0.25, -0.2) is 4.98 Å². The Hall–Kier alpha value is -3.35. The summed E-state index contributed by atoms with van der Waals surface area (Å²) in [4.78, 5) is 29.9. The Kier molecular flexibility index (Phi) is 5.46. The van der Waals surface area contributed by atoms with Crippen molar-refractivity contribution in [2.75, 3.05) is 25.6 Å². The molecule has 2 amide bonds. The Morgan fingerprint density at radius 2 is 2.14 bits per heavy atom. The molecule has 4 rings (SSSR count). The molecule has 3 heterocycles. The number of nitrogens with zero attached hydrogens (tertiary/aromatic N) is 2. The van der Waals surface area contributed by atoms with E-state index in [1.807, 2.05) is 24.3 Å². The summed E-state index contributed by atoms with van der Waals surface area (Å²) in [7, 11) is 1.75. The summed E-state index contributed by atoms with van der Waals surface area (Å²) in [5.74, 6) is 1.91. The summed E-state index contributed by atoms with van der Waals surface area (Å²) in [5.41, 5.74) is 2.73. The van der Waals surface area contributed by atoms with E-state index in [9.17, 15) is 9.59 Å². The van der Waals surface area contributed by atoms with Gasteiger partial charge in [0.1, 0.15) is 5.82 Å². The van der Waals surface area contributed by atoms with Crippen LogP contribution in [0.3, 0.4) is 0 Å². The van der Waals surface area contributed by atoms with E-state index in [1.54, 1.807) is 24.2 Å². The number of likely N-dealkylation sites (N-methyl/N-ethyl adjacent to an activating group) is 1. The highest BCUT2D eigenvalue weighted by molar-refractivity contribution is 5.93. The Morgan fingerprint density at radius 3 is 3.03 bits per heavy atom. The van der Waals surface area contributed by atoms with Gasteiger partial charge >= 0.3 is 0 Å². The molecule has 2 aliphatic heterocycles. The van der Waals surface area contributed by atoms with E-state index in [0.29, 0.717) is 38.4 Å². The normalized spacial score (nSPS) is 15.4. The molecule has 0 unspecified atom stereocenters. The lowest BCUT2D eigenvalue weighted by atomic mass is 10.0. The standard InChI is InChI=1S/C22H23N3O4/c1-25(14-17-4-2-5-18-21(17)29-11-3-10-28-18)20(27)9-6-15-12-16-7-8-19(26)24-22(16)23-13-15/h2,4-6,9,12-13H,3,7-8,10-11,14H2,1H3,(H,23,24,26)/b9-6+. The Balaban J connectivity index is 1.43. The molecular weight excluding hydrogens is 370 g/mol. The fourth-order valence-electron chi connectivity index (χ4n) is 3.37. The highest BCUT2D eigenvalue weighted by atomic mass is 16.5. The first-order valence-electron chi connectivity index (χ1n) is 9.69. The van der Waals surface area contributed by atoms with Crippen LogP contribution in [0.1, 0.15) is 29.5 Å². The second kappa shape index (κ2) is 8.34. The van der Waals surface area contributed by atoms with Gasteiger partial charge in [-0.15, -0.1) is 0 Å². The van der Waals surface area contributed by atoms with Gasteiger partial charge in [-0.2, -0.15) is 0 Å². The molecule has 1 aromatic heterocycles. The number of aromatic nitrogens is 1. The lowest BCUT2D eigenvalue weighted by Crippen LogP contribution is -2.24. The second-order valence-corrected chi connectivity index (χ2v) is 7.15. The Morgan fingerprint density at radius 1 is 1.28 bits per heavy atom. The van der Waals surface area contributed by atoms with E-state index in [4.69, 9.17) is 9.47 Å². The monoisotopic (exact) mass is 393 g/mol. The number of carbonyl (C=O) groups is 2. The molecule has 7 heteroatoms. The zero-order valence-electron chi connectivity index (χ0n) is 16.3. The predicted octanol–water partition coefficient (Wildman–Crippen LogP) is 2.80. The third-order valence-corrected chi connectivity index (χ3v) is 4.92. The van der Waals surface area contributed by atoms with Crippen molar-refractivity contribution < 1.29 is 19.1 Å². The minimum Gasteiger partial charge on any atom is -0.490 e. The van der Waals surface area contributed by atoms with Gasteiger partial charge in [-0.1, -0.05) is 12.1 Å². The van der Waals surface area contributed by atoms with Gasteiger partial charge in [-0.05, 0) is 35.8 Å². The van der Waals surface area contributed by atoms with Crippen molar-refractivity contribution in [2.24, 2.45) is 0 Å². The van der Waals surface area contributed by atoms with E-state index < -0.39 is 0 Å². The topological polar surface area (TPSA) is 80.8 Å². The van der Waals surface area contributed by atoms with Crippen LogP contribution in [0, 0.1) is 0 Å². The van der Waals surface area contributed by atoms with Gasteiger partial charge in [-0.3, -0.25) is 9.59 Å². The third-order valence-electron chi connectivity index (χ3n) is 4.92. The molecule has 1 aromatic carbocycles. The molecule has 0 saturated carbocycles. The highest BCUT2D eigenvalue weighted by Crippen LogP contribution is 2.33. The van der Waals surface area contributed by atoms with Gasteiger partial charge in [0.05, 0.1) is 13.2 Å². The van der Waals surface area contributed by atoms with Crippen LogP contribution in [0.5, 0.6) is 11.5 Å². The molecule has 1 N–H and O–H groups in total. The van der Waals surface area contributed by atoms with Crippen molar-refractivity contribution >= 4 is 23.7 Å². The zero-order chi connectivity index (χ0) is 20.2. The number of anilines is 1. The summed E-state index contributed by atoms with van der Waals surface area (Å²) in [6.07, 6.45) is 6.87. The van der Waals surface area contributed by atoms with E-state index in [-0.39, 0.29) is 11.8 Å². The number of pyridine rings is 1. The molecule has 150 valence electrons. The maximum Gasteiger partial charge on any atom is 0.246 e. The van der Waals surface area contributed by atoms with Gasteiger partial charge in [0.2, 0.25) is 11.8 Å². The number of hydrogen-bond donors (Lipinski definition) is 1. The SMILES string of the molecule is CN(Cc1cccc2c1OCCCO2)C(=O)/C=C/c1cnc2c(c1)CCC(=O)N2. The molecule has 0 saturated heterocycles. The number of aryl methyl sites for hydroxylation is 1. The first-order valence-corrected chi connectivity index (χ1v) is 9.69. The molecule has 0 bridgehead atoms. The van der Waals surface area contributed by atoms with Crippen molar-refractivity contribution in [2.45, 2.75) is 25.8 Å². The van der Waals surface area contributed by atoms with Crippen molar-refractivity contribution in [3.05, 3.63) is 53.2 Å². The minimum absolute atomic E-state index is 0.0155. The molecule has 0 fully saturated rings. The van der Waals surface area contributed by atoms with E-state index in [1.165, 1.54) is 6.08 Å². The van der Waals surface area contributed by atoms with E-state index in [0.717, 1.165) is 34.6 Å². The van der Waals surface area contributed by atoms with Crippen molar-refractivity contribution in [3.63, 3.8) is 0 Å². The molecule has 2 aromatic rings. The summed E-state index contributed by atoms with van der Waals surface area (Å²) < 4.78 is 11.5. The van der Waals surface area contributed by atoms with Crippen LogP contribution in [-0.4, -0.2) is 42.0 Å². The van der Waals surface area contributed by atoms with Crippen LogP contribution in [0.25, 0.3) is 6.08 Å². The molecular formula is C22H23N3O4. The third kappa shape index (κ3) is 4.39. The molecule has 0 spiro atoms. The lowest BCUT2D eigenvalue weighted by Gasteiger charge is -2.18. The van der Waals surface area contributed by atoms with Crippen LogP contribution in [0.4, 0.5) is 5.82 Å². The molecule has 29 heavy (non-hydrogen) atoms. The second-order valence-electron chi connectivity index (χ2n) is 7.15. The summed E-state index contributed by atoms with van der Waals surface area (Å²) in [6, 6.07) is 7.70. The van der Waals surface area contributed by atoms with Crippen LogP contribution in [0.15, 0.2) is 36.5 Å². The fourth-order valence-corrected chi connectivity index (χ4v) is 3.37. The molecule has 0 aliphatic carbocycles. The predicted molar refractivity (Wildman–Crippen MR) is 109 cm³/mol. The summed E-state index contributed by atoms with van der Waals surface area (Å²) in [5, 5.41) is 2.76. The number of carbonyl (C=O) groups excluding carboxylic acids is 2. The number of benzene rings is 1. The molecule has 0 atom stereocenters. The quantitative estimate of drug-likeness (QED) is 0.808. The van der Waals surface area contributed by atoms with E-state index in [2.05, 4.69) is 10.3 Å². The number of ether oxygens (including phenoxy) is 2. The van der Waals surface area contributed by atoms with Gasteiger partial charge in [0.25, 0.3) is 0 Å².